The molecule has 64 valence electrons. The van der Waals surface area contributed by atoms with E-state index < -0.39 is 0 Å². The lowest BCUT2D eigenvalue weighted by Crippen LogP contribution is -2.09. The van der Waals surface area contributed by atoms with Gasteiger partial charge in [0.2, 0.25) is 0 Å². The molecule has 0 bridgehead atoms. The minimum Gasteiger partial charge on any atom is -0.323 e. The molecular formula is C8H10N2OS. The number of carbonyl (C=O) groups is 1. The summed E-state index contributed by atoms with van der Waals surface area (Å²) in [6, 6.07) is 5.36. The molecule has 0 aliphatic carbocycles. The normalized spacial score (nSPS) is 9.50. The van der Waals surface area contributed by atoms with Crippen molar-refractivity contribution in [2.24, 2.45) is 5.84 Å². The summed E-state index contributed by atoms with van der Waals surface area (Å²) in [5, 5.41) is 0. The number of hydrogen-bond acceptors (Lipinski definition) is 4. The number of nitrogen functional groups attached to an aromatic ring is 1. The lowest BCUT2D eigenvalue weighted by atomic mass is 10.1. The van der Waals surface area contributed by atoms with Gasteiger partial charge in [-0.15, -0.1) is 0 Å². The molecular weight excluding hydrogens is 172 g/mol. The Labute approximate surface area is 76.3 Å². The van der Waals surface area contributed by atoms with Crippen molar-refractivity contribution in [1.82, 2.24) is 0 Å². The summed E-state index contributed by atoms with van der Waals surface area (Å²) in [6.07, 6.45) is 0.761. The molecule has 0 spiro atoms. The molecule has 4 heteroatoms. The SMILES string of the molecule is NNc1cc(CS)ccc1C=O. The number of benzene rings is 1. The number of nitrogens with one attached hydrogen (secondary N) is 1. The first-order chi connectivity index (χ1) is 5.81. The Morgan fingerprint density at radius 3 is 2.83 bits per heavy atom. The van der Waals surface area contributed by atoms with Crippen LogP contribution in [-0.2, 0) is 5.75 Å². The van der Waals surface area contributed by atoms with Gasteiger partial charge in [-0.3, -0.25) is 10.6 Å². The highest BCUT2D eigenvalue weighted by atomic mass is 32.1. The van der Waals surface area contributed by atoms with Crippen LogP contribution in [-0.4, -0.2) is 6.29 Å². The molecule has 12 heavy (non-hydrogen) atoms. The fourth-order valence-corrected chi connectivity index (χ4v) is 1.13. The molecule has 1 rings (SSSR count). The summed E-state index contributed by atoms with van der Waals surface area (Å²) < 4.78 is 0. The van der Waals surface area contributed by atoms with Crippen LogP contribution < -0.4 is 11.3 Å². The van der Waals surface area contributed by atoms with E-state index in [1.54, 1.807) is 12.1 Å². The van der Waals surface area contributed by atoms with Gasteiger partial charge in [-0.2, -0.15) is 12.6 Å². The van der Waals surface area contributed by atoms with E-state index in [0.29, 0.717) is 17.0 Å². The van der Waals surface area contributed by atoms with Crippen molar-refractivity contribution in [3.8, 4) is 0 Å². The molecule has 0 radical (unpaired) electrons. The molecule has 0 heterocycles. The Kier molecular flexibility index (Phi) is 3.13. The van der Waals surface area contributed by atoms with E-state index in [1.807, 2.05) is 6.07 Å². The largest absolute Gasteiger partial charge is 0.323 e. The molecule has 3 N–H and O–H groups in total. The zero-order valence-corrected chi connectivity index (χ0v) is 7.34. The van der Waals surface area contributed by atoms with Crippen LogP contribution in [0.25, 0.3) is 0 Å². The zero-order valence-electron chi connectivity index (χ0n) is 6.45. The number of rotatable bonds is 3. The van der Waals surface area contributed by atoms with Crippen LogP contribution in [0.2, 0.25) is 0 Å². The van der Waals surface area contributed by atoms with Crippen molar-refractivity contribution in [1.29, 1.82) is 0 Å². The molecule has 0 aromatic heterocycles. The minimum absolute atomic E-state index is 0.558. The smallest absolute Gasteiger partial charge is 0.152 e. The van der Waals surface area contributed by atoms with Gasteiger partial charge in [-0.1, -0.05) is 6.07 Å². The van der Waals surface area contributed by atoms with Gasteiger partial charge in [-0.25, -0.2) is 0 Å². The molecule has 3 nitrogen and oxygen atoms in total. The van der Waals surface area contributed by atoms with Crippen LogP contribution in [0.1, 0.15) is 15.9 Å². The maximum atomic E-state index is 10.5. The third-order valence-electron chi connectivity index (χ3n) is 1.58. The number of nitrogens with two attached hydrogens (primary N) is 1. The van der Waals surface area contributed by atoms with Gasteiger partial charge in [0, 0.05) is 11.3 Å². The molecule has 0 fully saturated rings. The molecule has 0 saturated heterocycles. The molecule has 1 aromatic carbocycles. The highest BCUT2D eigenvalue weighted by Crippen LogP contribution is 2.15. The predicted octanol–water partition coefficient (Wildman–Crippen LogP) is 1.21. The fraction of sp³-hybridized carbons (Fsp3) is 0.125. The predicted molar refractivity (Wildman–Crippen MR) is 52.3 cm³/mol. The highest BCUT2D eigenvalue weighted by molar-refractivity contribution is 7.79. The second-order valence-corrected chi connectivity index (χ2v) is 2.66. The quantitative estimate of drug-likeness (QED) is 0.285. The maximum absolute atomic E-state index is 10.5. The van der Waals surface area contributed by atoms with Crippen LogP contribution in [0.4, 0.5) is 5.69 Å². The first-order valence-electron chi connectivity index (χ1n) is 3.47. The van der Waals surface area contributed by atoms with Gasteiger partial charge in [0.05, 0.1) is 5.69 Å². The highest BCUT2D eigenvalue weighted by Gasteiger charge is 1.99. The van der Waals surface area contributed by atoms with E-state index in [-0.39, 0.29) is 0 Å². The Hall–Kier alpha value is -1.00. The lowest BCUT2D eigenvalue weighted by molar-refractivity contribution is 0.112. The van der Waals surface area contributed by atoms with Crippen molar-refractivity contribution in [2.75, 3.05) is 5.43 Å². The van der Waals surface area contributed by atoms with Gasteiger partial charge in [0.1, 0.15) is 0 Å². The summed E-state index contributed by atoms with van der Waals surface area (Å²) >= 11 is 4.10. The zero-order chi connectivity index (χ0) is 8.97. The fourth-order valence-electron chi connectivity index (χ4n) is 0.930. The van der Waals surface area contributed by atoms with Crippen LogP contribution in [0, 0.1) is 0 Å². The second-order valence-electron chi connectivity index (χ2n) is 2.34. The standard InChI is InChI=1S/C8H10N2OS/c9-10-8-3-6(5-12)1-2-7(8)4-11/h1-4,10,12H,5,9H2. The van der Waals surface area contributed by atoms with Crippen LogP contribution >= 0.6 is 12.6 Å². The van der Waals surface area contributed by atoms with E-state index in [2.05, 4.69) is 18.1 Å². The summed E-state index contributed by atoms with van der Waals surface area (Å²) in [7, 11) is 0. The van der Waals surface area contributed by atoms with Crippen LogP contribution in [0.5, 0.6) is 0 Å². The van der Waals surface area contributed by atoms with Crippen molar-refractivity contribution >= 4 is 24.6 Å². The average molecular weight is 182 g/mol. The summed E-state index contributed by atoms with van der Waals surface area (Å²) in [4.78, 5) is 10.5. The van der Waals surface area contributed by atoms with Crippen LogP contribution in [0.15, 0.2) is 18.2 Å². The van der Waals surface area contributed by atoms with E-state index in [1.165, 1.54) is 0 Å². The third kappa shape index (κ3) is 1.78. The molecule has 0 aliphatic heterocycles. The first-order valence-corrected chi connectivity index (χ1v) is 4.10. The van der Waals surface area contributed by atoms with E-state index in [4.69, 9.17) is 5.84 Å². The number of hydrogen-bond donors (Lipinski definition) is 3. The van der Waals surface area contributed by atoms with Gasteiger partial charge in [0.25, 0.3) is 0 Å². The Bertz CT molecular complexity index is 288. The van der Waals surface area contributed by atoms with Crippen molar-refractivity contribution in [2.45, 2.75) is 5.75 Å². The van der Waals surface area contributed by atoms with Gasteiger partial charge >= 0.3 is 0 Å². The van der Waals surface area contributed by atoms with Crippen molar-refractivity contribution in [3.05, 3.63) is 29.3 Å². The van der Waals surface area contributed by atoms with Crippen molar-refractivity contribution < 1.29 is 4.79 Å². The second kappa shape index (κ2) is 4.13. The summed E-state index contributed by atoms with van der Waals surface area (Å²) in [5.41, 5.74) is 4.67. The maximum Gasteiger partial charge on any atom is 0.152 e. The number of thiol groups is 1. The number of aldehydes is 1. The lowest BCUT2D eigenvalue weighted by Gasteiger charge is -2.04. The van der Waals surface area contributed by atoms with Crippen LogP contribution in [0.3, 0.4) is 0 Å². The van der Waals surface area contributed by atoms with E-state index >= 15 is 0 Å². The average Bonchev–Trinajstić information content (AvgIpc) is 2.16. The molecule has 0 saturated carbocycles. The number of hydrazine groups is 1. The van der Waals surface area contributed by atoms with Gasteiger partial charge in [-0.05, 0) is 17.7 Å². The molecule has 0 aliphatic rings. The van der Waals surface area contributed by atoms with E-state index in [9.17, 15) is 4.79 Å². The Morgan fingerprint density at radius 2 is 2.33 bits per heavy atom. The third-order valence-corrected chi connectivity index (χ3v) is 1.95. The molecule has 0 amide bonds. The van der Waals surface area contributed by atoms with E-state index in [0.717, 1.165) is 11.8 Å². The molecule has 1 aromatic rings. The van der Waals surface area contributed by atoms with Crippen molar-refractivity contribution in [3.63, 3.8) is 0 Å². The van der Waals surface area contributed by atoms with Gasteiger partial charge in [0.15, 0.2) is 6.29 Å². The van der Waals surface area contributed by atoms with Gasteiger partial charge < -0.3 is 5.43 Å². The summed E-state index contributed by atoms with van der Waals surface area (Å²) in [5.74, 6) is 5.85. The Balaban J connectivity index is 3.10. The Morgan fingerprint density at radius 1 is 1.58 bits per heavy atom. The molecule has 0 atom stereocenters. The summed E-state index contributed by atoms with van der Waals surface area (Å²) in [6.45, 7) is 0. The first kappa shape index (κ1) is 9.09. The topological polar surface area (TPSA) is 55.1 Å². The molecule has 0 unspecified atom stereocenters. The number of carbonyl (C=O) groups excluding carboxylic acids is 1. The minimum atomic E-state index is 0.558. The monoisotopic (exact) mass is 182 g/mol. The number of anilines is 1.